The first kappa shape index (κ1) is 16.7. The zero-order chi connectivity index (χ0) is 16.8. The van der Waals surface area contributed by atoms with E-state index in [-0.39, 0.29) is 5.56 Å². The smallest absolute Gasteiger partial charge is 0.268 e. The molecule has 0 amide bonds. The molecule has 1 aliphatic rings. The molecule has 5 heteroatoms. The summed E-state index contributed by atoms with van der Waals surface area (Å²) in [5.41, 5.74) is 2.14. The summed E-state index contributed by atoms with van der Waals surface area (Å²) in [6.45, 7) is 3.18. The van der Waals surface area contributed by atoms with Gasteiger partial charge < -0.3 is 9.64 Å². The third-order valence-electron chi connectivity index (χ3n) is 4.65. The molecule has 0 bridgehead atoms. The molecule has 0 saturated carbocycles. The molecule has 0 aliphatic carbocycles. The highest BCUT2D eigenvalue weighted by molar-refractivity contribution is 5.42. The Kier molecular flexibility index (Phi) is 5.64. The second kappa shape index (κ2) is 8.11. The zero-order valence-corrected chi connectivity index (χ0v) is 14.2. The number of rotatable bonds is 7. The summed E-state index contributed by atoms with van der Waals surface area (Å²) in [5.74, 6) is 0.562. The Morgan fingerprint density at radius 2 is 2.17 bits per heavy atom. The minimum Gasteiger partial charge on any atom is -0.381 e. The maximum absolute atomic E-state index is 12.3. The molecule has 5 nitrogen and oxygen atoms in total. The van der Waals surface area contributed by atoms with Gasteiger partial charge in [0, 0.05) is 39.4 Å². The molecule has 1 aliphatic heterocycles. The average molecular weight is 327 g/mol. The third-order valence-corrected chi connectivity index (χ3v) is 4.65. The average Bonchev–Trinajstić information content (AvgIpc) is 3.13. The first-order valence-corrected chi connectivity index (χ1v) is 8.62. The fraction of sp³-hybridized carbons (Fsp3) is 0.474. The molecule has 1 aromatic carbocycles. The van der Waals surface area contributed by atoms with Crippen LogP contribution < -0.4 is 10.5 Å². The van der Waals surface area contributed by atoms with Crippen LogP contribution in [0.5, 0.6) is 0 Å². The van der Waals surface area contributed by atoms with E-state index in [4.69, 9.17) is 4.74 Å². The number of anilines is 1. The van der Waals surface area contributed by atoms with Gasteiger partial charge in [0.2, 0.25) is 0 Å². The molecule has 0 N–H and O–H groups in total. The minimum absolute atomic E-state index is 0.0297. The van der Waals surface area contributed by atoms with E-state index < -0.39 is 0 Å². The van der Waals surface area contributed by atoms with Gasteiger partial charge in [-0.3, -0.25) is 4.79 Å². The van der Waals surface area contributed by atoms with Crippen LogP contribution in [-0.4, -0.2) is 36.6 Å². The summed E-state index contributed by atoms with van der Waals surface area (Å²) in [4.78, 5) is 14.3. The standard InChI is InChI=1S/C19H25N3O2/c1-21(10-7-16-5-3-2-4-6-16)18-13-19(23)22(20-14-18)11-8-17-9-12-24-15-17/h2-6,13-14,17H,7-12,15H2,1H3/t17-/m1/s1. The summed E-state index contributed by atoms with van der Waals surface area (Å²) < 4.78 is 6.94. The molecule has 24 heavy (non-hydrogen) atoms. The number of hydrogen-bond acceptors (Lipinski definition) is 4. The van der Waals surface area contributed by atoms with Crippen LogP contribution in [0.3, 0.4) is 0 Å². The summed E-state index contributed by atoms with van der Waals surface area (Å²) >= 11 is 0. The number of nitrogens with zero attached hydrogens (tertiary/aromatic N) is 3. The fourth-order valence-electron chi connectivity index (χ4n) is 2.99. The molecule has 0 spiro atoms. The van der Waals surface area contributed by atoms with E-state index in [1.165, 1.54) is 5.56 Å². The minimum atomic E-state index is -0.0297. The second-order valence-electron chi connectivity index (χ2n) is 6.45. The van der Waals surface area contributed by atoms with Gasteiger partial charge in [-0.15, -0.1) is 0 Å². The van der Waals surface area contributed by atoms with Crippen molar-refractivity contribution in [1.82, 2.24) is 9.78 Å². The van der Waals surface area contributed by atoms with E-state index in [1.807, 2.05) is 25.2 Å². The lowest BCUT2D eigenvalue weighted by molar-refractivity contribution is 0.183. The van der Waals surface area contributed by atoms with Gasteiger partial charge in [-0.1, -0.05) is 30.3 Å². The first-order valence-electron chi connectivity index (χ1n) is 8.62. The number of aryl methyl sites for hydroxylation is 1. The van der Waals surface area contributed by atoms with Crippen LogP contribution in [0, 0.1) is 5.92 Å². The van der Waals surface area contributed by atoms with Crippen molar-refractivity contribution >= 4 is 5.69 Å². The summed E-state index contributed by atoms with van der Waals surface area (Å²) in [7, 11) is 2.00. The Morgan fingerprint density at radius 1 is 1.33 bits per heavy atom. The van der Waals surface area contributed by atoms with E-state index >= 15 is 0 Å². The number of aromatic nitrogens is 2. The molecular weight excluding hydrogens is 302 g/mol. The molecule has 1 saturated heterocycles. The number of likely N-dealkylation sites (N-methyl/N-ethyl adjacent to an activating group) is 1. The molecule has 3 rings (SSSR count). The largest absolute Gasteiger partial charge is 0.381 e. The van der Waals surface area contributed by atoms with Gasteiger partial charge in [0.15, 0.2) is 0 Å². The molecule has 0 radical (unpaired) electrons. The van der Waals surface area contributed by atoms with Gasteiger partial charge in [-0.25, -0.2) is 4.68 Å². The molecule has 2 heterocycles. The van der Waals surface area contributed by atoms with E-state index in [9.17, 15) is 4.79 Å². The molecule has 0 unspecified atom stereocenters. The molecule has 2 aromatic rings. The molecule has 1 fully saturated rings. The monoisotopic (exact) mass is 327 g/mol. The maximum atomic E-state index is 12.3. The van der Waals surface area contributed by atoms with Crippen LogP contribution in [0.1, 0.15) is 18.4 Å². The number of ether oxygens (including phenoxy) is 1. The van der Waals surface area contributed by atoms with Crippen LogP contribution in [-0.2, 0) is 17.7 Å². The van der Waals surface area contributed by atoms with Crippen LogP contribution in [0.4, 0.5) is 5.69 Å². The Bertz CT molecular complexity index is 693. The Hall–Kier alpha value is -2.14. The van der Waals surface area contributed by atoms with Gasteiger partial charge in [0.05, 0.1) is 11.9 Å². The van der Waals surface area contributed by atoms with E-state index in [1.54, 1.807) is 16.9 Å². The highest BCUT2D eigenvalue weighted by Gasteiger charge is 2.15. The van der Waals surface area contributed by atoms with Crippen LogP contribution >= 0.6 is 0 Å². The van der Waals surface area contributed by atoms with Gasteiger partial charge >= 0.3 is 0 Å². The number of hydrogen-bond donors (Lipinski definition) is 0. The van der Waals surface area contributed by atoms with Crippen molar-refractivity contribution in [3.8, 4) is 0 Å². The molecule has 128 valence electrons. The van der Waals surface area contributed by atoms with Gasteiger partial charge in [0.25, 0.3) is 5.56 Å². The van der Waals surface area contributed by atoms with Crippen LogP contribution in [0.15, 0.2) is 47.4 Å². The lowest BCUT2D eigenvalue weighted by Gasteiger charge is -2.19. The topological polar surface area (TPSA) is 47.4 Å². The predicted octanol–water partition coefficient (Wildman–Crippen LogP) is 2.35. The van der Waals surface area contributed by atoms with Crippen LogP contribution in [0.25, 0.3) is 0 Å². The van der Waals surface area contributed by atoms with Crippen LogP contribution in [0.2, 0.25) is 0 Å². The molecular formula is C19H25N3O2. The van der Waals surface area contributed by atoms with E-state index in [2.05, 4.69) is 22.1 Å². The van der Waals surface area contributed by atoms with Crippen molar-refractivity contribution in [2.24, 2.45) is 5.92 Å². The highest BCUT2D eigenvalue weighted by Crippen LogP contribution is 2.16. The predicted molar refractivity (Wildman–Crippen MR) is 95.5 cm³/mol. The lowest BCUT2D eigenvalue weighted by Crippen LogP contribution is -2.27. The maximum Gasteiger partial charge on any atom is 0.268 e. The van der Waals surface area contributed by atoms with Gasteiger partial charge in [-0.05, 0) is 30.7 Å². The Balaban J connectivity index is 1.55. The third kappa shape index (κ3) is 4.45. The fourth-order valence-corrected chi connectivity index (χ4v) is 2.99. The van der Waals surface area contributed by atoms with E-state index in [0.29, 0.717) is 12.5 Å². The normalized spacial score (nSPS) is 17.1. The van der Waals surface area contributed by atoms with Crippen molar-refractivity contribution in [2.45, 2.75) is 25.8 Å². The Labute approximate surface area is 142 Å². The molecule has 1 aromatic heterocycles. The SMILES string of the molecule is CN(CCc1ccccc1)c1cnn(CC[C@@H]2CCOC2)c(=O)c1. The Morgan fingerprint density at radius 3 is 2.88 bits per heavy atom. The van der Waals surface area contributed by atoms with Crippen molar-refractivity contribution in [3.63, 3.8) is 0 Å². The zero-order valence-electron chi connectivity index (χ0n) is 14.2. The summed E-state index contributed by atoms with van der Waals surface area (Å²) in [6, 6.07) is 12.0. The van der Waals surface area contributed by atoms with Crippen molar-refractivity contribution in [1.29, 1.82) is 0 Å². The van der Waals surface area contributed by atoms with Crippen molar-refractivity contribution in [2.75, 3.05) is 31.7 Å². The molecule has 1 atom stereocenters. The van der Waals surface area contributed by atoms with Crippen molar-refractivity contribution < 1.29 is 4.74 Å². The van der Waals surface area contributed by atoms with Gasteiger partial charge in [-0.2, -0.15) is 5.10 Å². The quantitative estimate of drug-likeness (QED) is 0.783. The summed E-state index contributed by atoms with van der Waals surface area (Å²) in [6.07, 6.45) is 4.78. The van der Waals surface area contributed by atoms with Gasteiger partial charge in [0.1, 0.15) is 0 Å². The number of benzene rings is 1. The summed E-state index contributed by atoms with van der Waals surface area (Å²) in [5, 5.41) is 4.34. The van der Waals surface area contributed by atoms with Crippen molar-refractivity contribution in [3.05, 3.63) is 58.5 Å². The second-order valence-corrected chi connectivity index (χ2v) is 6.45. The highest BCUT2D eigenvalue weighted by atomic mass is 16.5. The first-order chi connectivity index (χ1) is 11.7. The lowest BCUT2D eigenvalue weighted by atomic mass is 10.1. The van der Waals surface area contributed by atoms with E-state index in [0.717, 1.165) is 44.7 Å².